The molecule has 0 rings (SSSR count). The van der Waals surface area contributed by atoms with Crippen molar-refractivity contribution in [3.63, 3.8) is 0 Å². The zero-order valence-electron chi connectivity index (χ0n) is 15.9. The molecule has 0 fully saturated rings. The van der Waals surface area contributed by atoms with Gasteiger partial charge in [0.25, 0.3) is 0 Å². The van der Waals surface area contributed by atoms with E-state index in [0.717, 1.165) is 12.5 Å². The first-order valence-corrected chi connectivity index (χ1v) is 11.4. The second-order valence-electron chi connectivity index (χ2n) is 6.37. The Morgan fingerprint density at radius 1 is 0.609 bits per heavy atom. The predicted molar refractivity (Wildman–Crippen MR) is 102 cm³/mol. The Labute approximate surface area is 146 Å². The molecular weight excluding hydrogens is 304 g/mol. The van der Waals surface area contributed by atoms with Crippen LogP contribution in [0, 0.1) is 0 Å². The average Bonchev–Trinajstić information content (AvgIpc) is 2.59. The first-order chi connectivity index (χ1) is 11.2. The molecule has 0 amide bonds. The quantitative estimate of drug-likeness (QED) is 0.170. The first-order valence-electron chi connectivity index (χ1n) is 9.51. The molecule has 23 heavy (non-hydrogen) atoms. The lowest BCUT2D eigenvalue weighted by molar-refractivity contribution is 0.122. The molecule has 0 heterocycles. The smallest absolute Gasteiger partial charge is 0.377 e. The van der Waals surface area contributed by atoms with E-state index >= 15 is 0 Å². The number of rotatable bonds is 18. The van der Waals surface area contributed by atoms with Gasteiger partial charge in [-0.1, -0.05) is 70.3 Å². The molecule has 0 saturated heterocycles. The van der Waals surface area contributed by atoms with E-state index in [4.69, 9.17) is 13.3 Å². The maximum absolute atomic E-state index is 5.44. The van der Waals surface area contributed by atoms with Crippen molar-refractivity contribution in [1.29, 1.82) is 0 Å². The van der Waals surface area contributed by atoms with Crippen molar-refractivity contribution in [3.05, 3.63) is 12.7 Å². The molecule has 0 aromatic rings. The van der Waals surface area contributed by atoms with Gasteiger partial charge >= 0.3 is 8.80 Å². The summed E-state index contributed by atoms with van der Waals surface area (Å²) in [6.45, 7) is 3.76. The van der Waals surface area contributed by atoms with Crippen molar-refractivity contribution in [2.24, 2.45) is 0 Å². The monoisotopic (exact) mass is 344 g/mol. The van der Waals surface area contributed by atoms with Gasteiger partial charge in [0.1, 0.15) is 0 Å². The van der Waals surface area contributed by atoms with Gasteiger partial charge in [-0.15, -0.1) is 6.58 Å². The van der Waals surface area contributed by atoms with Crippen molar-refractivity contribution >= 4 is 8.80 Å². The van der Waals surface area contributed by atoms with Gasteiger partial charge in [0.2, 0.25) is 0 Å². The van der Waals surface area contributed by atoms with Crippen LogP contribution in [-0.4, -0.2) is 30.1 Å². The highest BCUT2D eigenvalue weighted by atomic mass is 28.4. The fraction of sp³-hybridized carbons (Fsp3) is 0.895. The van der Waals surface area contributed by atoms with E-state index < -0.39 is 8.80 Å². The third-order valence-corrected chi connectivity index (χ3v) is 7.41. The van der Waals surface area contributed by atoms with E-state index in [9.17, 15) is 0 Å². The lowest BCUT2D eigenvalue weighted by Gasteiger charge is -2.24. The second kappa shape index (κ2) is 16.7. The molecule has 0 aromatic heterocycles. The Hall–Kier alpha value is -0.163. The predicted octanol–water partition coefficient (Wildman–Crippen LogP) is 6.12. The van der Waals surface area contributed by atoms with Crippen LogP contribution in [0.4, 0.5) is 0 Å². The SMILES string of the molecule is C=CCCCCCCCCCCCCCC[Si](OC)(OC)OC. The molecule has 0 radical (unpaired) electrons. The van der Waals surface area contributed by atoms with Crippen LogP contribution in [0.5, 0.6) is 0 Å². The molecule has 0 N–H and O–H groups in total. The van der Waals surface area contributed by atoms with Gasteiger partial charge in [-0.25, -0.2) is 0 Å². The summed E-state index contributed by atoms with van der Waals surface area (Å²) < 4.78 is 16.3. The zero-order valence-corrected chi connectivity index (χ0v) is 16.9. The first kappa shape index (κ1) is 22.8. The maximum Gasteiger partial charge on any atom is 0.500 e. The van der Waals surface area contributed by atoms with Crippen LogP contribution in [0.3, 0.4) is 0 Å². The highest BCUT2D eigenvalue weighted by molar-refractivity contribution is 6.60. The molecule has 0 aliphatic heterocycles. The van der Waals surface area contributed by atoms with Crippen molar-refractivity contribution < 1.29 is 13.3 Å². The highest BCUT2D eigenvalue weighted by Crippen LogP contribution is 2.18. The van der Waals surface area contributed by atoms with Gasteiger partial charge in [0.05, 0.1) is 0 Å². The van der Waals surface area contributed by atoms with Gasteiger partial charge in [0.15, 0.2) is 0 Å². The molecule has 0 aliphatic carbocycles. The Kier molecular flexibility index (Phi) is 16.6. The molecule has 138 valence electrons. The summed E-state index contributed by atoms with van der Waals surface area (Å²) in [7, 11) is 2.75. The minimum atomic E-state index is -2.33. The van der Waals surface area contributed by atoms with Crippen molar-refractivity contribution in [2.75, 3.05) is 21.3 Å². The fourth-order valence-corrected chi connectivity index (χ4v) is 4.75. The largest absolute Gasteiger partial charge is 0.500 e. The molecule has 0 aliphatic rings. The van der Waals surface area contributed by atoms with Crippen LogP contribution in [0.1, 0.15) is 83.5 Å². The number of hydrogen-bond donors (Lipinski definition) is 0. The van der Waals surface area contributed by atoms with Crippen molar-refractivity contribution in [3.8, 4) is 0 Å². The van der Waals surface area contributed by atoms with E-state index in [2.05, 4.69) is 6.58 Å². The van der Waals surface area contributed by atoms with Crippen molar-refractivity contribution in [2.45, 2.75) is 89.5 Å². The molecule has 0 aromatic carbocycles. The third-order valence-electron chi connectivity index (χ3n) is 4.57. The van der Waals surface area contributed by atoms with Crippen LogP contribution in [0.15, 0.2) is 12.7 Å². The Balaban J connectivity index is 3.26. The Bertz CT molecular complexity index is 247. The fourth-order valence-electron chi connectivity index (χ4n) is 2.95. The van der Waals surface area contributed by atoms with Crippen LogP contribution in [0.25, 0.3) is 0 Å². The highest BCUT2D eigenvalue weighted by Gasteiger charge is 2.36. The van der Waals surface area contributed by atoms with E-state index in [0.29, 0.717) is 0 Å². The second-order valence-corrected chi connectivity index (χ2v) is 9.46. The lowest BCUT2D eigenvalue weighted by Crippen LogP contribution is -2.42. The van der Waals surface area contributed by atoms with Crippen LogP contribution in [0.2, 0.25) is 6.04 Å². The van der Waals surface area contributed by atoms with E-state index in [1.807, 2.05) is 6.08 Å². The molecule has 0 saturated carbocycles. The molecule has 3 nitrogen and oxygen atoms in total. The molecular formula is C19H40O3Si. The maximum atomic E-state index is 5.44. The average molecular weight is 345 g/mol. The third kappa shape index (κ3) is 12.9. The number of unbranched alkanes of at least 4 members (excludes halogenated alkanes) is 12. The summed E-state index contributed by atoms with van der Waals surface area (Å²) in [5, 5.41) is 0. The Morgan fingerprint density at radius 3 is 1.30 bits per heavy atom. The summed E-state index contributed by atoms with van der Waals surface area (Å²) in [4.78, 5) is 0. The molecule has 0 atom stereocenters. The summed E-state index contributed by atoms with van der Waals surface area (Å²) in [5.74, 6) is 0. The van der Waals surface area contributed by atoms with Crippen LogP contribution < -0.4 is 0 Å². The van der Waals surface area contributed by atoms with Gasteiger partial charge in [-0.05, 0) is 19.3 Å². The minimum Gasteiger partial charge on any atom is -0.377 e. The topological polar surface area (TPSA) is 27.7 Å². The molecule has 0 unspecified atom stereocenters. The standard InChI is InChI=1S/C19H40O3Si/c1-5-6-7-8-9-10-11-12-13-14-15-16-17-18-19-23(20-2,21-3)22-4/h5H,1,6-19H2,2-4H3. The minimum absolute atomic E-state index is 0.933. The Morgan fingerprint density at radius 2 is 0.957 bits per heavy atom. The van der Waals surface area contributed by atoms with E-state index in [1.54, 1.807) is 21.3 Å². The zero-order chi connectivity index (χ0) is 17.2. The van der Waals surface area contributed by atoms with E-state index in [-0.39, 0.29) is 0 Å². The normalized spacial score (nSPS) is 11.8. The summed E-state index contributed by atoms with van der Waals surface area (Å²) in [6.07, 6.45) is 19.4. The molecule has 4 heteroatoms. The van der Waals surface area contributed by atoms with Gasteiger partial charge in [-0.2, -0.15) is 0 Å². The van der Waals surface area contributed by atoms with Gasteiger partial charge < -0.3 is 13.3 Å². The van der Waals surface area contributed by atoms with Gasteiger partial charge in [0, 0.05) is 27.4 Å². The number of hydrogen-bond acceptors (Lipinski definition) is 3. The van der Waals surface area contributed by atoms with E-state index in [1.165, 1.54) is 77.0 Å². The summed E-state index contributed by atoms with van der Waals surface area (Å²) in [5.41, 5.74) is 0. The summed E-state index contributed by atoms with van der Waals surface area (Å²) in [6, 6.07) is 0.933. The summed E-state index contributed by atoms with van der Waals surface area (Å²) >= 11 is 0. The van der Waals surface area contributed by atoms with Crippen LogP contribution in [-0.2, 0) is 13.3 Å². The molecule has 0 spiro atoms. The van der Waals surface area contributed by atoms with Crippen molar-refractivity contribution in [1.82, 2.24) is 0 Å². The lowest BCUT2D eigenvalue weighted by atomic mass is 10.0. The number of allylic oxidation sites excluding steroid dienone is 1. The molecule has 0 bridgehead atoms. The van der Waals surface area contributed by atoms with Crippen LogP contribution >= 0.6 is 0 Å². The van der Waals surface area contributed by atoms with Gasteiger partial charge in [-0.3, -0.25) is 0 Å².